The van der Waals surface area contributed by atoms with Crippen LogP contribution >= 0.6 is 0 Å². The third kappa shape index (κ3) is 4.08. The lowest BCUT2D eigenvalue weighted by atomic mass is 10.1. The fraction of sp³-hybridized carbons (Fsp3) is 0.455. The van der Waals surface area contributed by atoms with Gasteiger partial charge in [-0.2, -0.15) is 4.72 Å². The summed E-state index contributed by atoms with van der Waals surface area (Å²) in [6.45, 7) is 1.91. The summed E-state index contributed by atoms with van der Waals surface area (Å²) in [6.07, 6.45) is 3.05. The maximum absolute atomic E-state index is 11.9. The van der Waals surface area contributed by atoms with Crippen molar-refractivity contribution in [1.29, 1.82) is 0 Å². The molecule has 0 aliphatic heterocycles. The SMILES string of the molecule is CCCCC(NS(=O)(=O)c1ccccn1)C(=O)O. The van der Waals surface area contributed by atoms with Crippen LogP contribution in [-0.2, 0) is 14.8 Å². The lowest BCUT2D eigenvalue weighted by molar-refractivity contribution is -0.139. The van der Waals surface area contributed by atoms with Crippen molar-refractivity contribution in [1.82, 2.24) is 9.71 Å². The molecule has 0 aromatic carbocycles. The number of hydrogen-bond donors (Lipinski definition) is 2. The average Bonchev–Trinajstić information content (AvgIpc) is 2.35. The van der Waals surface area contributed by atoms with Crippen LogP contribution in [0, 0.1) is 0 Å². The highest BCUT2D eigenvalue weighted by molar-refractivity contribution is 7.89. The van der Waals surface area contributed by atoms with Gasteiger partial charge in [-0.05, 0) is 18.6 Å². The van der Waals surface area contributed by atoms with Crippen LogP contribution in [0.25, 0.3) is 0 Å². The van der Waals surface area contributed by atoms with Gasteiger partial charge in [0.2, 0.25) is 0 Å². The van der Waals surface area contributed by atoms with Crippen LogP contribution < -0.4 is 4.72 Å². The van der Waals surface area contributed by atoms with Crippen molar-refractivity contribution in [3.8, 4) is 0 Å². The van der Waals surface area contributed by atoms with E-state index >= 15 is 0 Å². The summed E-state index contributed by atoms with van der Waals surface area (Å²) < 4.78 is 25.9. The number of rotatable bonds is 7. The van der Waals surface area contributed by atoms with Crippen LogP contribution in [0.2, 0.25) is 0 Å². The molecule has 0 saturated heterocycles. The molecule has 1 rings (SSSR count). The highest BCUT2D eigenvalue weighted by atomic mass is 32.2. The Bertz CT molecular complexity index is 487. The standard InChI is InChI=1S/C11H16N2O4S/c1-2-3-6-9(11(14)15)13-18(16,17)10-7-4-5-8-12-10/h4-5,7-9,13H,2-3,6H2,1H3,(H,14,15). The minimum absolute atomic E-state index is 0.173. The summed E-state index contributed by atoms with van der Waals surface area (Å²) in [5, 5.41) is 8.79. The van der Waals surface area contributed by atoms with E-state index in [4.69, 9.17) is 5.11 Å². The number of carboxylic acid groups (broad SMARTS) is 1. The monoisotopic (exact) mass is 272 g/mol. The van der Waals surface area contributed by atoms with Crippen molar-refractivity contribution in [2.24, 2.45) is 0 Å². The molecule has 0 radical (unpaired) electrons. The van der Waals surface area contributed by atoms with Crippen molar-refractivity contribution < 1.29 is 18.3 Å². The lowest BCUT2D eigenvalue weighted by Gasteiger charge is -2.13. The van der Waals surface area contributed by atoms with E-state index in [1.807, 2.05) is 6.92 Å². The normalized spacial score (nSPS) is 13.2. The van der Waals surface area contributed by atoms with Crippen molar-refractivity contribution in [3.63, 3.8) is 0 Å². The van der Waals surface area contributed by atoms with Gasteiger partial charge in [-0.15, -0.1) is 0 Å². The molecule has 1 heterocycles. The highest BCUT2D eigenvalue weighted by Gasteiger charge is 2.25. The average molecular weight is 272 g/mol. The van der Waals surface area contributed by atoms with Crippen molar-refractivity contribution in [3.05, 3.63) is 24.4 Å². The van der Waals surface area contributed by atoms with E-state index in [0.29, 0.717) is 6.42 Å². The number of carboxylic acids is 1. The van der Waals surface area contributed by atoms with E-state index in [0.717, 1.165) is 6.42 Å². The Hall–Kier alpha value is -1.47. The predicted octanol–water partition coefficient (Wildman–Crippen LogP) is 1.00. The number of hydrogen-bond acceptors (Lipinski definition) is 4. The second-order valence-electron chi connectivity index (χ2n) is 3.82. The minimum atomic E-state index is -3.88. The zero-order valence-corrected chi connectivity index (χ0v) is 10.9. The summed E-state index contributed by atoms with van der Waals surface area (Å²) >= 11 is 0. The van der Waals surface area contributed by atoms with E-state index in [1.54, 1.807) is 6.07 Å². The Kier molecular flexibility index (Phi) is 5.24. The molecular weight excluding hydrogens is 256 g/mol. The third-order valence-electron chi connectivity index (χ3n) is 2.35. The molecule has 2 N–H and O–H groups in total. The van der Waals surface area contributed by atoms with E-state index in [1.165, 1.54) is 18.3 Å². The molecule has 1 aromatic rings. The molecule has 0 saturated carbocycles. The molecular formula is C11H16N2O4S. The van der Waals surface area contributed by atoms with Crippen LogP contribution in [0.15, 0.2) is 29.4 Å². The molecule has 0 spiro atoms. The first-order valence-corrected chi connectivity index (χ1v) is 7.12. The smallest absolute Gasteiger partial charge is 0.321 e. The maximum atomic E-state index is 11.9. The Labute approximate surface area is 106 Å². The topological polar surface area (TPSA) is 96.4 Å². The van der Waals surface area contributed by atoms with Gasteiger partial charge in [-0.1, -0.05) is 25.8 Å². The summed E-state index contributed by atoms with van der Waals surface area (Å²) in [5.41, 5.74) is 0. The number of unbranched alkanes of at least 4 members (excludes halogenated alkanes) is 1. The Morgan fingerprint density at radius 3 is 2.72 bits per heavy atom. The number of carbonyl (C=O) groups is 1. The van der Waals surface area contributed by atoms with Crippen LogP contribution in [0.4, 0.5) is 0 Å². The number of aromatic nitrogens is 1. The van der Waals surface area contributed by atoms with E-state index in [9.17, 15) is 13.2 Å². The van der Waals surface area contributed by atoms with Crippen LogP contribution in [0.1, 0.15) is 26.2 Å². The first-order valence-electron chi connectivity index (χ1n) is 5.63. The number of aliphatic carboxylic acids is 1. The Morgan fingerprint density at radius 1 is 1.50 bits per heavy atom. The van der Waals surface area contributed by atoms with Gasteiger partial charge in [-0.25, -0.2) is 13.4 Å². The first-order chi connectivity index (χ1) is 8.47. The van der Waals surface area contributed by atoms with Crippen molar-refractivity contribution in [2.75, 3.05) is 0 Å². The molecule has 6 nitrogen and oxygen atoms in total. The van der Waals surface area contributed by atoms with Crippen LogP contribution in [-0.4, -0.2) is 30.5 Å². The first kappa shape index (κ1) is 14.6. The molecule has 0 bridgehead atoms. The molecule has 0 fully saturated rings. The molecule has 100 valence electrons. The van der Waals surface area contributed by atoms with Gasteiger partial charge in [0.1, 0.15) is 6.04 Å². The van der Waals surface area contributed by atoms with Gasteiger partial charge in [0.15, 0.2) is 5.03 Å². The molecule has 18 heavy (non-hydrogen) atoms. The van der Waals surface area contributed by atoms with Gasteiger partial charge in [0.25, 0.3) is 10.0 Å². The van der Waals surface area contributed by atoms with Crippen LogP contribution in [0.3, 0.4) is 0 Å². The molecule has 1 unspecified atom stereocenters. The second-order valence-corrected chi connectivity index (χ2v) is 5.48. The second kappa shape index (κ2) is 6.46. The summed E-state index contributed by atoms with van der Waals surface area (Å²) in [5.74, 6) is -1.18. The Balaban J connectivity index is 2.83. The van der Waals surface area contributed by atoms with Crippen LogP contribution in [0.5, 0.6) is 0 Å². The fourth-order valence-electron chi connectivity index (χ4n) is 1.39. The number of pyridine rings is 1. The zero-order valence-electron chi connectivity index (χ0n) is 10.0. The molecule has 0 amide bonds. The van der Waals surface area contributed by atoms with E-state index in [-0.39, 0.29) is 11.4 Å². The van der Waals surface area contributed by atoms with Gasteiger partial charge in [0.05, 0.1) is 0 Å². The minimum Gasteiger partial charge on any atom is -0.480 e. The van der Waals surface area contributed by atoms with Gasteiger partial charge >= 0.3 is 5.97 Å². The summed E-state index contributed by atoms with van der Waals surface area (Å²) in [7, 11) is -3.88. The van der Waals surface area contributed by atoms with Gasteiger partial charge in [-0.3, -0.25) is 4.79 Å². The maximum Gasteiger partial charge on any atom is 0.321 e. The van der Waals surface area contributed by atoms with E-state index < -0.39 is 22.0 Å². The number of nitrogens with one attached hydrogen (secondary N) is 1. The number of sulfonamides is 1. The molecule has 1 atom stereocenters. The summed E-state index contributed by atoms with van der Waals surface area (Å²) in [4.78, 5) is 14.7. The third-order valence-corrected chi connectivity index (χ3v) is 3.74. The largest absolute Gasteiger partial charge is 0.480 e. The van der Waals surface area contributed by atoms with Crippen molar-refractivity contribution in [2.45, 2.75) is 37.3 Å². The molecule has 1 aromatic heterocycles. The fourth-order valence-corrected chi connectivity index (χ4v) is 2.57. The Morgan fingerprint density at radius 2 is 2.22 bits per heavy atom. The molecule has 7 heteroatoms. The van der Waals surface area contributed by atoms with Gasteiger partial charge in [0, 0.05) is 6.20 Å². The number of nitrogens with zero attached hydrogens (tertiary/aromatic N) is 1. The highest BCUT2D eigenvalue weighted by Crippen LogP contribution is 2.08. The van der Waals surface area contributed by atoms with E-state index in [2.05, 4.69) is 9.71 Å². The molecule has 0 aliphatic carbocycles. The predicted molar refractivity (Wildman–Crippen MR) is 65.5 cm³/mol. The zero-order chi connectivity index (χ0) is 13.6. The van der Waals surface area contributed by atoms with Crippen molar-refractivity contribution >= 4 is 16.0 Å². The molecule has 0 aliphatic rings. The summed E-state index contributed by atoms with van der Waals surface area (Å²) in [6, 6.07) is 3.33. The quantitative estimate of drug-likeness (QED) is 0.772. The van der Waals surface area contributed by atoms with Gasteiger partial charge < -0.3 is 5.11 Å². The lowest BCUT2D eigenvalue weighted by Crippen LogP contribution is -2.40.